The molecule has 19 heavy (non-hydrogen) atoms. The minimum Gasteiger partial charge on any atom is -0.461 e. The quantitative estimate of drug-likeness (QED) is 0.861. The molecule has 1 heterocycles. The number of nitrogen functional groups attached to an aromatic ring is 1. The highest BCUT2D eigenvalue weighted by atomic mass is 19.1. The first-order chi connectivity index (χ1) is 9.02. The summed E-state index contributed by atoms with van der Waals surface area (Å²) in [5.41, 5.74) is 7.37. The van der Waals surface area contributed by atoms with Crippen molar-refractivity contribution in [2.45, 2.75) is 13.8 Å². The first-order valence-corrected chi connectivity index (χ1v) is 5.81. The molecule has 6 heteroatoms. The summed E-state index contributed by atoms with van der Waals surface area (Å²) in [6, 6.07) is 4.29. The predicted molar refractivity (Wildman–Crippen MR) is 68.6 cm³/mol. The van der Waals surface area contributed by atoms with Crippen LogP contribution in [0.5, 0.6) is 0 Å². The molecule has 0 radical (unpaired) electrons. The smallest absolute Gasteiger partial charge is 0.361 e. The summed E-state index contributed by atoms with van der Waals surface area (Å²) in [4.78, 5) is 11.6. The average Bonchev–Trinajstić information content (AvgIpc) is 2.71. The number of aryl methyl sites for hydroxylation is 1. The summed E-state index contributed by atoms with van der Waals surface area (Å²) in [6.07, 6.45) is 1.51. The molecule has 0 aliphatic heterocycles. The molecule has 0 unspecified atom stereocenters. The van der Waals surface area contributed by atoms with Crippen LogP contribution in [0.1, 0.15) is 23.0 Å². The fourth-order valence-corrected chi connectivity index (χ4v) is 1.74. The zero-order valence-electron chi connectivity index (χ0n) is 10.7. The van der Waals surface area contributed by atoms with Gasteiger partial charge in [0, 0.05) is 0 Å². The Morgan fingerprint density at radius 2 is 2.26 bits per heavy atom. The van der Waals surface area contributed by atoms with Gasteiger partial charge in [-0.1, -0.05) is 0 Å². The fourth-order valence-electron chi connectivity index (χ4n) is 1.74. The van der Waals surface area contributed by atoms with Crippen molar-refractivity contribution in [3.8, 4) is 5.69 Å². The number of aromatic nitrogens is 2. The summed E-state index contributed by atoms with van der Waals surface area (Å²) in [5, 5.41) is 4.08. The molecular weight excluding hydrogens is 249 g/mol. The molecule has 0 bridgehead atoms. The van der Waals surface area contributed by atoms with Crippen LogP contribution >= 0.6 is 0 Å². The first-order valence-electron chi connectivity index (χ1n) is 5.81. The molecule has 0 aliphatic carbocycles. The number of benzene rings is 1. The van der Waals surface area contributed by atoms with Gasteiger partial charge in [-0.25, -0.2) is 13.9 Å². The Morgan fingerprint density at radius 3 is 2.89 bits per heavy atom. The van der Waals surface area contributed by atoms with Crippen molar-refractivity contribution in [3.63, 3.8) is 0 Å². The minimum atomic E-state index is -0.571. The van der Waals surface area contributed by atoms with Crippen molar-refractivity contribution in [2.75, 3.05) is 12.3 Å². The van der Waals surface area contributed by atoms with Gasteiger partial charge in [0.05, 0.1) is 24.2 Å². The molecule has 0 saturated heterocycles. The molecule has 100 valence electrons. The Morgan fingerprint density at radius 1 is 1.53 bits per heavy atom. The van der Waals surface area contributed by atoms with Crippen molar-refractivity contribution >= 4 is 11.7 Å². The van der Waals surface area contributed by atoms with Crippen molar-refractivity contribution in [1.29, 1.82) is 0 Å². The molecule has 0 amide bonds. The largest absolute Gasteiger partial charge is 0.461 e. The van der Waals surface area contributed by atoms with Gasteiger partial charge in [-0.05, 0) is 37.6 Å². The lowest BCUT2D eigenvalue weighted by atomic mass is 10.2. The summed E-state index contributed by atoms with van der Waals surface area (Å²) in [7, 11) is 0. The summed E-state index contributed by atoms with van der Waals surface area (Å²) in [6.45, 7) is 3.70. The van der Waals surface area contributed by atoms with E-state index in [1.54, 1.807) is 19.9 Å². The normalized spacial score (nSPS) is 10.5. The third kappa shape index (κ3) is 2.57. The lowest BCUT2D eigenvalue weighted by Gasteiger charge is -2.05. The van der Waals surface area contributed by atoms with Gasteiger partial charge in [0.25, 0.3) is 0 Å². The maximum absolute atomic E-state index is 13.0. The van der Waals surface area contributed by atoms with E-state index in [-0.39, 0.29) is 23.8 Å². The van der Waals surface area contributed by atoms with Crippen LogP contribution in [-0.4, -0.2) is 22.4 Å². The van der Waals surface area contributed by atoms with Gasteiger partial charge in [-0.2, -0.15) is 5.10 Å². The van der Waals surface area contributed by atoms with Crippen LogP contribution < -0.4 is 5.73 Å². The molecule has 2 rings (SSSR count). The van der Waals surface area contributed by atoms with Crippen LogP contribution in [0.3, 0.4) is 0 Å². The zero-order chi connectivity index (χ0) is 14.0. The molecule has 0 spiro atoms. The van der Waals surface area contributed by atoms with E-state index in [4.69, 9.17) is 10.5 Å². The van der Waals surface area contributed by atoms with E-state index in [9.17, 15) is 9.18 Å². The van der Waals surface area contributed by atoms with Gasteiger partial charge >= 0.3 is 5.97 Å². The minimum absolute atomic E-state index is 0.0607. The standard InChI is InChI=1S/C13H14FN3O2/c1-3-19-13(18)12-10(15)7-17(16-12)11-5-4-9(14)6-8(11)2/h4-7H,3,15H2,1-2H3. The van der Waals surface area contributed by atoms with Crippen molar-refractivity contribution in [3.05, 3.63) is 41.5 Å². The van der Waals surface area contributed by atoms with E-state index >= 15 is 0 Å². The first kappa shape index (κ1) is 13.1. The van der Waals surface area contributed by atoms with E-state index in [0.717, 1.165) is 0 Å². The third-order valence-corrected chi connectivity index (χ3v) is 2.62. The predicted octanol–water partition coefficient (Wildman–Crippen LogP) is 2.08. The van der Waals surface area contributed by atoms with Crippen LogP contribution in [0.2, 0.25) is 0 Å². The van der Waals surface area contributed by atoms with Crippen LogP contribution in [0.15, 0.2) is 24.4 Å². The monoisotopic (exact) mass is 263 g/mol. The second-order valence-electron chi connectivity index (χ2n) is 4.03. The molecule has 2 N–H and O–H groups in total. The Kier molecular flexibility index (Phi) is 3.50. The van der Waals surface area contributed by atoms with Crippen molar-refractivity contribution < 1.29 is 13.9 Å². The Bertz CT molecular complexity index is 622. The molecule has 5 nitrogen and oxygen atoms in total. The van der Waals surface area contributed by atoms with E-state index in [0.29, 0.717) is 11.3 Å². The number of hydrogen-bond acceptors (Lipinski definition) is 4. The molecule has 0 fully saturated rings. The zero-order valence-corrected chi connectivity index (χ0v) is 10.7. The molecular formula is C13H14FN3O2. The van der Waals surface area contributed by atoms with Crippen molar-refractivity contribution in [2.24, 2.45) is 0 Å². The topological polar surface area (TPSA) is 70.1 Å². The number of rotatable bonds is 3. The summed E-state index contributed by atoms with van der Waals surface area (Å²) in [5.74, 6) is -0.898. The third-order valence-electron chi connectivity index (χ3n) is 2.62. The number of anilines is 1. The van der Waals surface area contributed by atoms with E-state index in [2.05, 4.69) is 5.10 Å². The highest BCUT2D eigenvalue weighted by molar-refractivity contribution is 5.92. The summed E-state index contributed by atoms with van der Waals surface area (Å²) < 4.78 is 19.3. The van der Waals surface area contributed by atoms with Gasteiger partial charge in [-0.15, -0.1) is 0 Å². The number of carbonyl (C=O) groups excluding carboxylic acids is 1. The molecule has 1 aromatic heterocycles. The number of halogens is 1. The molecule has 2 aromatic rings. The second kappa shape index (κ2) is 5.09. The van der Waals surface area contributed by atoms with Gasteiger partial charge in [0.1, 0.15) is 5.82 Å². The van der Waals surface area contributed by atoms with Gasteiger partial charge in [0.15, 0.2) is 5.69 Å². The Labute approximate surface area is 109 Å². The van der Waals surface area contributed by atoms with Gasteiger partial charge in [-0.3, -0.25) is 0 Å². The van der Waals surface area contributed by atoms with E-state index in [1.165, 1.54) is 23.0 Å². The maximum Gasteiger partial charge on any atom is 0.361 e. The fraction of sp³-hybridized carbons (Fsp3) is 0.231. The lowest BCUT2D eigenvalue weighted by Crippen LogP contribution is -2.08. The van der Waals surface area contributed by atoms with Crippen LogP contribution in [0, 0.1) is 12.7 Å². The molecule has 0 aliphatic rings. The number of esters is 1. The lowest BCUT2D eigenvalue weighted by molar-refractivity contribution is 0.0520. The molecule has 0 saturated carbocycles. The average molecular weight is 263 g/mol. The Hall–Kier alpha value is -2.37. The van der Waals surface area contributed by atoms with Crippen LogP contribution in [-0.2, 0) is 4.74 Å². The van der Waals surface area contributed by atoms with Crippen LogP contribution in [0.25, 0.3) is 5.69 Å². The number of ether oxygens (including phenoxy) is 1. The second-order valence-corrected chi connectivity index (χ2v) is 4.03. The Balaban J connectivity index is 2.42. The number of nitrogens with two attached hydrogens (primary N) is 1. The maximum atomic E-state index is 13.0. The van der Waals surface area contributed by atoms with E-state index < -0.39 is 5.97 Å². The highest BCUT2D eigenvalue weighted by Gasteiger charge is 2.17. The highest BCUT2D eigenvalue weighted by Crippen LogP contribution is 2.18. The summed E-state index contributed by atoms with van der Waals surface area (Å²) >= 11 is 0. The van der Waals surface area contributed by atoms with Crippen molar-refractivity contribution in [1.82, 2.24) is 9.78 Å². The number of nitrogens with zero attached hydrogens (tertiary/aromatic N) is 2. The molecule has 1 aromatic carbocycles. The molecule has 0 atom stereocenters. The number of carbonyl (C=O) groups is 1. The number of hydrogen-bond donors (Lipinski definition) is 1. The van der Waals surface area contributed by atoms with Gasteiger partial charge < -0.3 is 10.5 Å². The SMILES string of the molecule is CCOC(=O)c1nn(-c2ccc(F)cc2C)cc1N. The van der Waals surface area contributed by atoms with Crippen LogP contribution in [0.4, 0.5) is 10.1 Å². The van der Waals surface area contributed by atoms with E-state index in [1.807, 2.05) is 0 Å². The van der Waals surface area contributed by atoms with Gasteiger partial charge in [0.2, 0.25) is 0 Å².